The molecule has 7 nitrogen and oxygen atoms in total. The highest BCUT2D eigenvalue weighted by Crippen LogP contribution is 2.24. The minimum atomic E-state index is -3.67. The lowest BCUT2D eigenvalue weighted by Gasteiger charge is -2.30. The third-order valence-electron chi connectivity index (χ3n) is 4.66. The van der Waals surface area contributed by atoms with Gasteiger partial charge in [-0.1, -0.05) is 18.5 Å². The van der Waals surface area contributed by atoms with E-state index in [1.54, 1.807) is 0 Å². The Bertz CT molecular complexity index is 961. The number of rotatable bonds is 6. The highest BCUT2D eigenvalue weighted by molar-refractivity contribution is 7.89. The number of carbonyl (C=O) groups is 1. The average molecular weight is 443 g/mol. The monoisotopic (exact) mass is 442 g/mol. The molecule has 152 valence electrons. The number of carbonyl (C=O) groups excluding carboxylic acids is 1. The normalized spacial score (nSPS) is 18.2. The third kappa shape index (κ3) is 5.09. The van der Waals surface area contributed by atoms with E-state index in [-0.39, 0.29) is 15.5 Å². The molecule has 1 aromatic carbocycles. The molecule has 2 aromatic rings. The van der Waals surface area contributed by atoms with Crippen molar-refractivity contribution >= 4 is 44.0 Å². The van der Waals surface area contributed by atoms with Crippen molar-refractivity contribution in [2.24, 2.45) is 5.92 Å². The summed E-state index contributed by atoms with van der Waals surface area (Å²) in [6, 6.07) is 4.00. The number of likely N-dealkylation sites (tertiary alicyclic amines) is 1. The molecule has 1 atom stereocenters. The molecule has 28 heavy (non-hydrogen) atoms. The molecule has 10 heteroatoms. The number of nitrogens with one attached hydrogen (secondary N) is 2. The lowest BCUT2D eigenvalue weighted by molar-refractivity contribution is 0.102. The van der Waals surface area contributed by atoms with Gasteiger partial charge in [0.05, 0.1) is 21.2 Å². The minimum absolute atomic E-state index is 0.0244. The van der Waals surface area contributed by atoms with Crippen LogP contribution >= 0.6 is 22.9 Å². The number of nitrogens with zero attached hydrogens (tertiary/aromatic N) is 2. The van der Waals surface area contributed by atoms with E-state index in [4.69, 9.17) is 11.6 Å². The standard InChI is InChI=1S/C18H23ClN4O3S2/c1-12-4-3-7-23(9-12)10-13-11-27-18(21-13)22-17(24)15-8-14(5-6-16(15)19)28(25,26)20-2/h5-6,8,11-12,20H,3-4,7,9-10H2,1-2H3,(H,21,22,24). The molecule has 0 spiro atoms. The van der Waals surface area contributed by atoms with Gasteiger partial charge in [-0.2, -0.15) is 0 Å². The SMILES string of the molecule is CNS(=O)(=O)c1ccc(Cl)c(C(=O)Nc2nc(CN3CCCC(C)C3)cs2)c1. The zero-order valence-electron chi connectivity index (χ0n) is 15.7. The second kappa shape index (κ2) is 8.87. The molecule has 0 bridgehead atoms. The summed E-state index contributed by atoms with van der Waals surface area (Å²) < 4.78 is 26.1. The van der Waals surface area contributed by atoms with Gasteiger partial charge in [-0.05, 0) is 50.6 Å². The number of benzene rings is 1. The van der Waals surface area contributed by atoms with Crippen LogP contribution in [0.2, 0.25) is 5.02 Å². The van der Waals surface area contributed by atoms with E-state index < -0.39 is 15.9 Å². The average Bonchev–Trinajstić information content (AvgIpc) is 3.08. The number of aromatic nitrogens is 1. The van der Waals surface area contributed by atoms with Crippen LogP contribution in [0.1, 0.15) is 35.8 Å². The molecule has 2 N–H and O–H groups in total. The van der Waals surface area contributed by atoms with Crippen LogP contribution in [0.4, 0.5) is 5.13 Å². The summed E-state index contributed by atoms with van der Waals surface area (Å²) in [6.45, 7) is 5.13. The number of hydrogen-bond donors (Lipinski definition) is 2. The number of amides is 1. The van der Waals surface area contributed by atoms with Crippen molar-refractivity contribution in [2.75, 3.05) is 25.5 Å². The quantitative estimate of drug-likeness (QED) is 0.716. The fourth-order valence-electron chi connectivity index (χ4n) is 3.22. The first kappa shape index (κ1) is 21.2. The number of thiazole rings is 1. The van der Waals surface area contributed by atoms with Gasteiger partial charge in [0.25, 0.3) is 5.91 Å². The van der Waals surface area contributed by atoms with Gasteiger partial charge in [-0.25, -0.2) is 18.1 Å². The van der Waals surface area contributed by atoms with Gasteiger partial charge in [-0.3, -0.25) is 15.0 Å². The van der Waals surface area contributed by atoms with Gasteiger partial charge < -0.3 is 0 Å². The van der Waals surface area contributed by atoms with Crippen LogP contribution in [0.25, 0.3) is 0 Å². The van der Waals surface area contributed by atoms with Crippen LogP contribution in [-0.4, -0.2) is 44.3 Å². The summed E-state index contributed by atoms with van der Waals surface area (Å²) in [5.41, 5.74) is 0.992. The maximum atomic E-state index is 12.6. The molecule has 1 aliphatic heterocycles. The zero-order chi connectivity index (χ0) is 20.3. The lowest BCUT2D eigenvalue weighted by Crippen LogP contribution is -2.33. The van der Waals surface area contributed by atoms with Gasteiger partial charge in [0, 0.05) is 18.5 Å². The van der Waals surface area contributed by atoms with Crippen LogP contribution in [0.3, 0.4) is 0 Å². The van der Waals surface area contributed by atoms with Crippen molar-refractivity contribution in [3.05, 3.63) is 39.9 Å². The highest BCUT2D eigenvalue weighted by atomic mass is 35.5. The Morgan fingerprint density at radius 1 is 1.43 bits per heavy atom. The first-order valence-electron chi connectivity index (χ1n) is 8.99. The summed E-state index contributed by atoms with van der Waals surface area (Å²) in [4.78, 5) is 19.4. The van der Waals surface area contributed by atoms with Crippen molar-refractivity contribution in [2.45, 2.75) is 31.2 Å². The summed E-state index contributed by atoms with van der Waals surface area (Å²) in [5.74, 6) is 0.195. The molecular formula is C18H23ClN4O3S2. The van der Waals surface area contributed by atoms with Crippen molar-refractivity contribution in [3.8, 4) is 0 Å². The molecule has 2 heterocycles. The molecule has 0 aliphatic carbocycles. The fourth-order valence-corrected chi connectivity index (χ4v) is 4.88. The van der Waals surface area contributed by atoms with Crippen molar-refractivity contribution in [1.29, 1.82) is 0 Å². The number of piperidine rings is 1. The molecule has 1 saturated heterocycles. The van der Waals surface area contributed by atoms with E-state index in [1.807, 2.05) is 5.38 Å². The topological polar surface area (TPSA) is 91.4 Å². The van der Waals surface area contributed by atoms with Crippen molar-refractivity contribution in [1.82, 2.24) is 14.6 Å². The number of halogens is 1. The van der Waals surface area contributed by atoms with Crippen molar-refractivity contribution in [3.63, 3.8) is 0 Å². The maximum Gasteiger partial charge on any atom is 0.259 e. The third-order valence-corrected chi connectivity index (χ3v) is 7.21. The minimum Gasteiger partial charge on any atom is -0.298 e. The van der Waals surface area contributed by atoms with E-state index >= 15 is 0 Å². The van der Waals surface area contributed by atoms with Crippen molar-refractivity contribution < 1.29 is 13.2 Å². The van der Waals surface area contributed by atoms with Crippen LogP contribution in [-0.2, 0) is 16.6 Å². The Labute approximate surface area is 174 Å². The predicted octanol–water partition coefficient (Wildman–Crippen LogP) is 3.19. The summed E-state index contributed by atoms with van der Waals surface area (Å²) in [6.07, 6.45) is 2.46. The van der Waals surface area contributed by atoms with Gasteiger partial charge in [-0.15, -0.1) is 11.3 Å². The van der Waals surface area contributed by atoms with Gasteiger partial charge in [0.1, 0.15) is 0 Å². The van der Waals surface area contributed by atoms with Crippen LogP contribution < -0.4 is 10.0 Å². The molecule has 1 aromatic heterocycles. The van der Waals surface area contributed by atoms with Crippen LogP contribution in [0, 0.1) is 5.92 Å². The largest absolute Gasteiger partial charge is 0.298 e. The first-order valence-corrected chi connectivity index (χ1v) is 11.7. The number of hydrogen-bond acceptors (Lipinski definition) is 6. The Morgan fingerprint density at radius 3 is 2.93 bits per heavy atom. The van der Waals surface area contributed by atoms with Gasteiger partial charge in [0.15, 0.2) is 5.13 Å². The highest BCUT2D eigenvalue weighted by Gasteiger charge is 2.20. The van der Waals surface area contributed by atoms with E-state index in [2.05, 4.69) is 26.8 Å². The van der Waals surface area contributed by atoms with Gasteiger partial charge >= 0.3 is 0 Å². The molecular weight excluding hydrogens is 420 g/mol. The fraction of sp³-hybridized carbons (Fsp3) is 0.444. The molecule has 1 fully saturated rings. The Kier molecular flexibility index (Phi) is 6.72. The Hall–Kier alpha value is -1.52. The second-order valence-electron chi connectivity index (χ2n) is 6.93. The Morgan fingerprint density at radius 2 is 2.21 bits per heavy atom. The van der Waals surface area contributed by atoms with Crippen LogP contribution in [0.5, 0.6) is 0 Å². The molecule has 1 unspecified atom stereocenters. The number of sulfonamides is 1. The lowest BCUT2D eigenvalue weighted by atomic mass is 10.0. The summed E-state index contributed by atoms with van der Waals surface area (Å²) in [7, 11) is -2.36. The Balaban J connectivity index is 1.70. The summed E-state index contributed by atoms with van der Waals surface area (Å²) in [5, 5.41) is 5.28. The maximum absolute atomic E-state index is 12.6. The van der Waals surface area contributed by atoms with E-state index in [9.17, 15) is 13.2 Å². The van der Waals surface area contributed by atoms with Crippen LogP contribution in [0.15, 0.2) is 28.5 Å². The number of anilines is 1. The second-order valence-corrected chi connectivity index (χ2v) is 10.1. The van der Waals surface area contributed by atoms with E-state index in [0.717, 1.165) is 25.3 Å². The van der Waals surface area contributed by atoms with E-state index in [0.29, 0.717) is 11.0 Å². The molecule has 3 rings (SSSR count). The first-order chi connectivity index (χ1) is 13.3. The predicted molar refractivity (Wildman–Crippen MR) is 111 cm³/mol. The molecule has 1 aliphatic rings. The van der Waals surface area contributed by atoms with Gasteiger partial charge in [0.2, 0.25) is 10.0 Å². The zero-order valence-corrected chi connectivity index (χ0v) is 18.1. The molecule has 0 radical (unpaired) electrons. The molecule has 1 amide bonds. The van der Waals surface area contributed by atoms with E-state index in [1.165, 1.54) is 49.4 Å². The summed E-state index contributed by atoms with van der Waals surface area (Å²) >= 11 is 7.44. The smallest absolute Gasteiger partial charge is 0.259 e. The molecule has 0 saturated carbocycles.